The number of hydrogen-bond donors (Lipinski definition) is 1. The molecular formula is C24H26N4O5. The lowest BCUT2D eigenvalue weighted by Gasteiger charge is -2.28. The molecule has 0 bridgehead atoms. The van der Waals surface area contributed by atoms with Gasteiger partial charge in [-0.25, -0.2) is 9.48 Å². The first-order chi connectivity index (χ1) is 16.0. The fraction of sp³-hybridized carbons (Fsp3) is 0.292. The molecule has 2 heterocycles. The quantitative estimate of drug-likeness (QED) is 0.543. The van der Waals surface area contributed by atoms with Gasteiger partial charge in [-0.05, 0) is 43.7 Å². The Morgan fingerprint density at radius 1 is 1.00 bits per heavy atom. The zero-order valence-corrected chi connectivity index (χ0v) is 19.2. The standard InChI is InChI=1S/C24H26N4O5/c1-6-33-23(29)20-14(2)25-24-26-22(16-11-18(31-4)13-19(12-16)32-5)27-28(24)21(20)15-7-9-17(30-3)10-8-15/h7-13,21H,6H2,1-5H3,(H,25,26,27)/t21-/m0/s1. The number of rotatable bonds is 7. The van der Waals surface area contributed by atoms with Crippen molar-refractivity contribution in [2.75, 3.05) is 33.3 Å². The summed E-state index contributed by atoms with van der Waals surface area (Å²) < 4.78 is 23.1. The first-order valence-corrected chi connectivity index (χ1v) is 10.5. The monoisotopic (exact) mass is 450 g/mol. The van der Waals surface area contributed by atoms with E-state index in [2.05, 4.69) is 5.32 Å². The zero-order chi connectivity index (χ0) is 23.5. The van der Waals surface area contributed by atoms with Crippen LogP contribution >= 0.6 is 0 Å². The third-order valence-corrected chi connectivity index (χ3v) is 5.39. The van der Waals surface area contributed by atoms with Crippen molar-refractivity contribution < 1.29 is 23.7 Å². The van der Waals surface area contributed by atoms with E-state index >= 15 is 0 Å². The molecule has 3 aromatic rings. The molecule has 0 saturated carbocycles. The smallest absolute Gasteiger partial charge is 0.338 e. The van der Waals surface area contributed by atoms with Crippen LogP contribution < -0.4 is 19.5 Å². The molecule has 0 saturated heterocycles. The van der Waals surface area contributed by atoms with Gasteiger partial charge in [-0.15, -0.1) is 5.10 Å². The number of aromatic nitrogens is 3. The number of nitrogens with one attached hydrogen (secondary N) is 1. The van der Waals surface area contributed by atoms with Gasteiger partial charge in [-0.3, -0.25) is 0 Å². The Balaban J connectivity index is 1.85. The lowest BCUT2D eigenvalue weighted by molar-refractivity contribution is -0.139. The van der Waals surface area contributed by atoms with Crippen LogP contribution in [0.15, 0.2) is 53.7 Å². The molecule has 1 aromatic heterocycles. The van der Waals surface area contributed by atoms with Gasteiger partial charge in [0.15, 0.2) is 5.82 Å². The summed E-state index contributed by atoms with van der Waals surface area (Å²) in [5, 5.41) is 7.96. The van der Waals surface area contributed by atoms with Crippen LogP contribution in [0.4, 0.5) is 5.95 Å². The summed E-state index contributed by atoms with van der Waals surface area (Å²) in [4.78, 5) is 17.6. The van der Waals surface area contributed by atoms with Gasteiger partial charge in [0.2, 0.25) is 5.95 Å². The summed E-state index contributed by atoms with van der Waals surface area (Å²) in [5.74, 6) is 2.53. The number of methoxy groups -OCH3 is 3. The van der Waals surface area contributed by atoms with E-state index in [1.165, 1.54) is 0 Å². The number of allylic oxidation sites excluding steroid dienone is 1. The molecule has 4 rings (SSSR count). The van der Waals surface area contributed by atoms with E-state index in [1.807, 2.05) is 43.3 Å². The summed E-state index contributed by atoms with van der Waals surface area (Å²) >= 11 is 0. The molecule has 1 N–H and O–H groups in total. The Morgan fingerprint density at radius 3 is 2.21 bits per heavy atom. The van der Waals surface area contributed by atoms with E-state index in [4.69, 9.17) is 29.0 Å². The number of benzene rings is 2. The van der Waals surface area contributed by atoms with Gasteiger partial charge in [0, 0.05) is 17.3 Å². The predicted molar refractivity (Wildman–Crippen MR) is 123 cm³/mol. The minimum absolute atomic E-state index is 0.268. The molecule has 2 aromatic carbocycles. The topological polar surface area (TPSA) is 96.7 Å². The Hall–Kier alpha value is -4.01. The second-order valence-corrected chi connectivity index (χ2v) is 7.36. The fourth-order valence-corrected chi connectivity index (χ4v) is 3.78. The second-order valence-electron chi connectivity index (χ2n) is 7.36. The molecule has 0 fully saturated rings. The number of anilines is 1. The van der Waals surface area contributed by atoms with Crippen molar-refractivity contribution >= 4 is 11.9 Å². The maximum atomic E-state index is 12.9. The van der Waals surface area contributed by atoms with Crippen molar-refractivity contribution in [1.82, 2.24) is 14.8 Å². The number of carbonyl (C=O) groups excluding carboxylic acids is 1. The summed E-state index contributed by atoms with van der Waals surface area (Å²) in [6.07, 6.45) is 0. The van der Waals surface area contributed by atoms with E-state index in [-0.39, 0.29) is 6.61 Å². The van der Waals surface area contributed by atoms with Crippen molar-refractivity contribution in [2.45, 2.75) is 19.9 Å². The normalized spacial score (nSPS) is 14.9. The van der Waals surface area contributed by atoms with Crippen molar-refractivity contribution in [3.05, 3.63) is 59.3 Å². The predicted octanol–water partition coefficient (Wildman–Crippen LogP) is 3.82. The second kappa shape index (κ2) is 9.23. The molecule has 172 valence electrons. The number of esters is 1. The van der Waals surface area contributed by atoms with E-state index in [0.29, 0.717) is 40.3 Å². The van der Waals surface area contributed by atoms with Crippen LogP contribution in [-0.2, 0) is 9.53 Å². The highest BCUT2D eigenvalue weighted by atomic mass is 16.5. The van der Waals surface area contributed by atoms with Crippen molar-refractivity contribution in [3.63, 3.8) is 0 Å². The molecule has 1 aliphatic heterocycles. The molecule has 9 heteroatoms. The van der Waals surface area contributed by atoms with Crippen LogP contribution in [0.5, 0.6) is 17.2 Å². The molecule has 0 amide bonds. The molecule has 9 nitrogen and oxygen atoms in total. The van der Waals surface area contributed by atoms with E-state index in [9.17, 15) is 4.79 Å². The summed E-state index contributed by atoms with van der Waals surface area (Å²) in [7, 11) is 4.78. The highest BCUT2D eigenvalue weighted by Crippen LogP contribution is 2.38. The molecule has 33 heavy (non-hydrogen) atoms. The first kappa shape index (κ1) is 22.2. The van der Waals surface area contributed by atoms with Crippen LogP contribution in [0.2, 0.25) is 0 Å². The van der Waals surface area contributed by atoms with Crippen LogP contribution in [0.1, 0.15) is 25.5 Å². The molecule has 0 spiro atoms. The molecule has 0 unspecified atom stereocenters. The van der Waals surface area contributed by atoms with Gasteiger partial charge in [0.25, 0.3) is 0 Å². The van der Waals surface area contributed by atoms with Gasteiger partial charge in [-0.2, -0.15) is 4.98 Å². The minimum atomic E-state index is -0.528. The number of ether oxygens (including phenoxy) is 4. The van der Waals surface area contributed by atoms with Crippen molar-refractivity contribution in [3.8, 4) is 28.6 Å². The third kappa shape index (κ3) is 4.21. The Kier molecular flexibility index (Phi) is 6.21. The SMILES string of the molecule is CCOC(=O)C1=C(C)Nc2nc(-c3cc(OC)cc(OC)c3)nn2[C@H]1c1ccc(OC)cc1. The molecule has 1 atom stereocenters. The van der Waals surface area contributed by atoms with E-state index in [0.717, 1.165) is 11.1 Å². The number of hydrogen-bond acceptors (Lipinski definition) is 8. The van der Waals surface area contributed by atoms with Gasteiger partial charge < -0.3 is 24.3 Å². The van der Waals surface area contributed by atoms with Crippen LogP contribution in [-0.4, -0.2) is 48.7 Å². The molecule has 0 radical (unpaired) electrons. The Bertz CT molecular complexity index is 1180. The zero-order valence-electron chi connectivity index (χ0n) is 19.2. The number of nitrogens with zero attached hydrogens (tertiary/aromatic N) is 3. The summed E-state index contributed by atoms with van der Waals surface area (Å²) in [6, 6.07) is 12.4. The Morgan fingerprint density at radius 2 is 1.64 bits per heavy atom. The van der Waals surface area contributed by atoms with E-state index < -0.39 is 12.0 Å². The number of carbonyl (C=O) groups is 1. The summed E-state index contributed by atoms with van der Waals surface area (Å²) in [6.45, 7) is 3.88. The largest absolute Gasteiger partial charge is 0.497 e. The molecule has 0 aliphatic carbocycles. The highest BCUT2D eigenvalue weighted by Gasteiger charge is 2.35. The minimum Gasteiger partial charge on any atom is -0.497 e. The highest BCUT2D eigenvalue weighted by molar-refractivity contribution is 5.92. The van der Waals surface area contributed by atoms with Gasteiger partial charge >= 0.3 is 5.97 Å². The molecule has 1 aliphatic rings. The average Bonchev–Trinajstić information content (AvgIpc) is 3.26. The maximum absolute atomic E-state index is 12.9. The van der Waals surface area contributed by atoms with E-state index in [1.54, 1.807) is 39.0 Å². The fourth-order valence-electron chi connectivity index (χ4n) is 3.78. The average molecular weight is 450 g/mol. The lowest BCUT2D eigenvalue weighted by atomic mass is 9.96. The summed E-state index contributed by atoms with van der Waals surface area (Å²) in [5.41, 5.74) is 2.69. The lowest BCUT2D eigenvalue weighted by Crippen LogP contribution is -2.29. The van der Waals surface area contributed by atoms with Crippen LogP contribution in [0.25, 0.3) is 11.4 Å². The van der Waals surface area contributed by atoms with Crippen LogP contribution in [0.3, 0.4) is 0 Å². The first-order valence-electron chi connectivity index (χ1n) is 10.5. The van der Waals surface area contributed by atoms with Gasteiger partial charge in [-0.1, -0.05) is 12.1 Å². The number of fused-ring (bicyclic) bond motifs is 1. The van der Waals surface area contributed by atoms with Crippen molar-refractivity contribution in [2.24, 2.45) is 0 Å². The van der Waals surface area contributed by atoms with Gasteiger partial charge in [0.05, 0.1) is 33.5 Å². The van der Waals surface area contributed by atoms with Crippen molar-refractivity contribution in [1.29, 1.82) is 0 Å². The Labute approximate surface area is 191 Å². The molecular weight excluding hydrogens is 424 g/mol. The maximum Gasteiger partial charge on any atom is 0.338 e. The van der Waals surface area contributed by atoms with Gasteiger partial charge in [0.1, 0.15) is 23.3 Å². The van der Waals surface area contributed by atoms with Crippen LogP contribution in [0, 0.1) is 0 Å². The third-order valence-electron chi connectivity index (χ3n) is 5.39.